The molecule has 0 unspecified atom stereocenters. The molecule has 0 bridgehead atoms. The zero-order chi connectivity index (χ0) is 77.4. The van der Waals surface area contributed by atoms with Crippen LogP contribution in [0.4, 0.5) is 17.1 Å². The minimum atomic E-state index is -0.769. The summed E-state index contributed by atoms with van der Waals surface area (Å²) >= 11 is 0. The van der Waals surface area contributed by atoms with E-state index in [2.05, 4.69) is 77.4 Å². The Balaban J connectivity index is 0.000000186. The molecule has 24 heteroatoms. The Kier molecular flexibility index (Phi) is 28.4. The van der Waals surface area contributed by atoms with Crippen LogP contribution in [-0.4, -0.2) is 133 Å². The van der Waals surface area contributed by atoms with Crippen LogP contribution in [0.5, 0.6) is 0 Å². The van der Waals surface area contributed by atoms with Gasteiger partial charge in [-0.05, 0) is 194 Å². The normalized spacial score (nSPS) is 18.1. The number of fused-ring (bicyclic) bond motifs is 1. The van der Waals surface area contributed by atoms with E-state index in [-0.39, 0.29) is 100 Å². The molecule has 1 aromatic carbocycles. The molecule has 4 aliphatic rings. The second-order valence-electron chi connectivity index (χ2n) is 31.6. The zero-order valence-corrected chi connectivity index (χ0v) is 65.0. The van der Waals surface area contributed by atoms with Gasteiger partial charge in [-0.3, -0.25) is 62.7 Å². The summed E-state index contributed by atoms with van der Waals surface area (Å²) in [5, 5.41) is 9.66. The summed E-state index contributed by atoms with van der Waals surface area (Å²) in [5.41, 5.74) is 6.55. The van der Waals surface area contributed by atoms with Crippen molar-refractivity contribution in [1.82, 2.24) is 49.6 Å². The number of hydrogen-bond donors (Lipinski definition) is 3. The zero-order valence-electron chi connectivity index (χ0n) is 65.0. The van der Waals surface area contributed by atoms with Gasteiger partial charge in [0.2, 0.25) is 17.7 Å². The van der Waals surface area contributed by atoms with Crippen LogP contribution in [-0.2, 0) is 38.2 Å². The number of Topliss-reactive ketones (excluding diaryl/α,β-unsaturated/α-hetero) is 3. The first-order valence-electron chi connectivity index (χ1n) is 38.0. The fraction of sp³-hybridized carbons (Fsp3) is 0.530. The van der Waals surface area contributed by atoms with Crippen LogP contribution in [0.25, 0.3) is 10.9 Å². The van der Waals surface area contributed by atoms with Gasteiger partial charge in [0.15, 0.2) is 0 Å². The fourth-order valence-corrected chi connectivity index (χ4v) is 14.5. The third-order valence-electron chi connectivity index (χ3n) is 20.1. The topological polar surface area (TPSA) is 284 Å². The number of aryl methyl sites for hydroxylation is 2. The lowest BCUT2D eigenvalue weighted by Gasteiger charge is -2.39. The summed E-state index contributed by atoms with van der Waals surface area (Å²) < 4.78 is 15.8. The predicted octanol–water partition coefficient (Wildman–Crippen LogP) is 11.2. The van der Waals surface area contributed by atoms with Crippen LogP contribution in [0.1, 0.15) is 205 Å². The summed E-state index contributed by atoms with van der Waals surface area (Å²) in [6, 6.07) is 16.4. The molecule has 574 valence electrons. The largest absolute Gasteiger partial charge is 0.377 e. The van der Waals surface area contributed by atoms with E-state index >= 15 is 0 Å². The van der Waals surface area contributed by atoms with Crippen molar-refractivity contribution >= 4 is 63.0 Å². The molecule has 7 aromatic rings. The van der Waals surface area contributed by atoms with Crippen LogP contribution in [0, 0.1) is 43.4 Å². The highest BCUT2D eigenvalue weighted by molar-refractivity contribution is 5.85. The van der Waals surface area contributed by atoms with Crippen molar-refractivity contribution in [1.29, 1.82) is 0 Å². The van der Waals surface area contributed by atoms with Crippen LogP contribution >= 0.6 is 0 Å². The number of rotatable bonds is 28. The fourth-order valence-electron chi connectivity index (χ4n) is 14.5. The molecule has 1 aliphatic carbocycles. The highest BCUT2D eigenvalue weighted by Crippen LogP contribution is 2.42. The Bertz CT molecular complexity index is 4430. The minimum Gasteiger partial charge on any atom is -0.377 e. The molecule has 0 radical (unpaired) electrons. The molecule has 11 rings (SSSR count). The highest BCUT2D eigenvalue weighted by Gasteiger charge is 2.37. The Morgan fingerprint density at radius 1 is 0.542 bits per heavy atom. The molecule has 4 fully saturated rings. The number of pyridine rings is 5. The van der Waals surface area contributed by atoms with Gasteiger partial charge in [0.05, 0.1) is 96.4 Å². The molecule has 0 spiro atoms. The number of nitrogens with zero attached hydrogens (tertiary/aromatic N) is 10. The molecule has 1 saturated carbocycles. The number of carbonyl (C=O) groups is 6. The molecule has 8 atom stereocenters. The number of ether oxygens (including phenoxy) is 2. The van der Waals surface area contributed by atoms with Crippen LogP contribution in [0.3, 0.4) is 0 Å². The van der Waals surface area contributed by atoms with Gasteiger partial charge < -0.3 is 49.3 Å². The molecular weight excluding hydrogens is 1350 g/mol. The quantitative estimate of drug-likeness (QED) is 0.0411. The maximum atomic E-state index is 13.7. The minimum absolute atomic E-state index is 0.0106. The van der Waals surface area contributed by atoms with Gasteiger partial charge in [-0.15, -0.1) is 0 Å². The van der Waals surface area contributed by atoms with Crippen molar-refractivity contribution in [3.05, 3.63) is 182 Å². The Morgan fingerprint density at radius 3 is 1.45 bits per heavy atom. The third-order valence-corrected chi connectivity index (χ3v) is 20.1. The molecule has 24 nitrogen and oxygen atoms in total. The number of hydrogen-bond acceptors (Lipinski definition) is 18. The summed E-state index contributed by atoms with van der Waals surface area (Å²) in [5.74, 6) is 1.22. The molecule has 6 aromatic heterocycles. The number of amides is 3. The smallest absolute Gasteiger partial charge is 0.261 e. The van der Waals surface area contributed by atoms with Crippen LogP contribution < -0.4 is 47.3 Å². The van der Waals surface area contributed by atoms with Crippen LogP contribution in [0.2, 0.25) is 0 Å². The van der Waals surface area contributed by atoms with Crippen molar-refractivity contribution < 1.29 is 38.2 Å². The average Bonchev–Trinajstić information content (AvgIpc) is 1.52. The summed E-state index contributed by atoms with van der Waals surface area (Å²) in [4.78, 5) is 140. The van der Waals surface area contributed by atoms with Gasteiger partial charge in [-0.1, -0.05) is 53.7 Å². The molecule has 107 heavy (non-hydrogen) atoms. The van der Waals surface area contributed by atoms with E-state index in [0.717, 1.165) is 82.9 Å². The third kappa shape index (κ3) is 23.0. The molecule has 9 heterocycles. The van der Waals surface area contributed by atoms with Gasteiger partial charge in [-0.2, -0.15) is 0 Å². The molecule has 3 saturated heterocycles. The summed E-state index contributed by atoms with van der Waals surface area (Å²) in [7, 11) is 0. The van der Waals surface area contributed by atoms with E-state index in [9.17, 15) is 43.2 Å². The van der Waals surface area contributed by atoms with Crippen molar-refractivity contribution in [3.63, 3.8) is 0 Å². The maximum Gasteiger partial charge on any atom is 0.261 e. The molecule has 3 N–H and O–H groups in total. The average molecular weight is 1470 g/mol. The number of benzene rings is 1. The SMILES string of the molecule is CC(=O)C[C@H](NC(=O)[C@H](CC(C)C)n1ccc(C)cc1=O)c1cncc(N2CCOC(C)(C)C2)c1.CC(=O)C[C@H](NC(=O)[C@H](CC(C)C)n1ccc(C)cc1=O)c1cncc(N2CC[C@H](C3CC3)C2)c1.CC(=O)C[C@H](NC(=O)[C@H](CC(C)C)n1cnc2ccccc2c1=O)c1cncc(N2CCOC[C@@H]2C)c1. The van der Waals surface area contributed by atoms with E-state index in [1.54, 1.807) is 67.6 Å². The number of anilines is 3. The number of morpholine rings is 2. The molecule has 3 amide bonds. The van der Waals surface area contributed by atoms with Crippen molar-refractivity contribution in [2.45, 2.75) is 203 Å². The maximum absolute atomic E-state index is 13.7. The number of para-hydroxylation sites is 1. The second kappa shape index (κ2) is 37.3. The van der Waals surface area contributed by atoms with E-state index in [0.29, 0.717) is 56.5 Å². The standard InChI is InChI=1S/C28H35N5O4.C28H38N4O3.C27H38N4O4/c1-18(2)11-26(33-17-30-24-8-6-5-7-23(24)28(33)36)27(35)31-25(12-20(4)34)21-13-22(15-29-14-21)32-9-10-37-16-19(32)3;1-18(2)11-26(32-10-7-19(3)12-27(32)34)28(35)30-25(13-20(4)33)23-14-24(16-29-15-23)31-9-8-22(17-31)21-5-6-21;1-18(2)11-24(31-8-7-19(3)12-25(31)33)26(34)29-23(13-20(4)32)21-14-22(16-28-15-21)30-9-10-35-27(5,6)17-30/h5-8,13-15,17-19,25-26H,9-12,16H2,1-4H3,(H,31,35);7,10,12,14-16,18,21-22,25-26H,5-6,8-9,11,13,17H2,1-4H3,(H,30,35);7-8,12,14-16,18,23-24H,9-11,13,17H2,1-6H3,(H,29,34)/t19-,25-,26-;22-,25-,26-;23-,24-/m000/s1. The first-order valence-corrected chi connectivity index (χ1v) is 38.0. The first kappa shape index (κ1) is 81.5. The van der Waals surface area contributed by atoms with E-state index in [1.165, 1.54) is 66.1 Å². The Labute approximate surface area is 628 Å². The number of ketones is 3. The molecule has 3 aliphatic heterocycles. The Morgan fingerprint density at radius 2 is 1.00 bits per heavy atom. The lowest BCUT2D eigenvalue weighted by atomic mass is 9.99. The number of aromatic nitrogens is 7. The predicted molar refractivity (Wildman–Crippen MR) is 417 cm³/mol. The number of carbonyl (C=O) groups excluding carboxylic acids is 6. The number of nitrogens with one attached hydrogen (secondary N) is 3. The lowest BCUT2D eigenvalue weighted by molar-refractivity contribution is -0.127. The van der Waals surface area contributed by atoms with Crippen molar-refractivity contribution in [2.24, 2.45) is 29.6 Å². The summed E-state index contributed by atoms with van der Waals surface area (Å²) in [6.45, 7) is 32.7. The van der Waals surface area contributed by atoms with Gasteiger partial charge in [-0.25, -0.2) is 4.98 Å². The van der Waals surface area contributed by atoms with E-state index in [1.807, 2.05) is 91.9 Å². The van der Waals surface area contributed by atoms with E-state index in [4.69, 9.17) is 9.47 Å². The summed E-state index contributed by atoms with van der Waals surface area (Å²) in [6.07, 6.45) is 21.2. The van der Waals surface area contributed by atoms with Crippen molar-refractivity contribution in [2.75, 3.05) is 67.2 Å². The Hall–Kier alpha value is -9.55. The monoisotopic (exact) mass is 1470 g/mol. The van der Waals surface area contributed by atoms with Crippen LogP contribution in [0.15, 0.2) is 137 Å². The van der Waals surface area contributed by atoms with Gasteiger partial charge >= 0.3 is 0 Å². The van der Waals surface area contributed by atoms with E-state index < -0.39 is 36.3 Å². The van der Waals surface area contributed by atoms with Crippen molar-refractivity contribution in [3.8, 4) is 0 Å². The molecular formula is C83H111N13O11. The van der Waals surface area contributed by atoms with Gasteiger partial charge in [0.1, 0.15) is 35.5 Å². The van der Waals surface area contributed by atoms with Gasteiger partial charge in [0.25, 0.3) is 16.7 Å². The van der Waals surface area contributed by atoms with Gasteiger partial charge in [0, 0.05) is 101 Å². The second-order valence-corrected chi connectivity index (χ2v) is 31.6. The first-order chi connectivity index (χ1) is 50.9. The highest BCUT2D eigenvalue weighted by atomic mass is 16.5. The lowest BCUT2D eigenvalue weighted by Crippen LogP contribution is -2.48.